The standard InChI is InChI=1S/C14H22FNO2/c1-14(2,17-4)8-9-18-13-11(10-16-3)6-5-7-12(13)15/h5-7,16H,8-10H2,1-4H3. The average molecular weight is 255 g/mol. The summed E-state index contributed by atoms with van der Waals surface area (Å²) in [4.78, 5) is 0. The number of nitrogens with one attached hydrogen (secondary N) is 1. The Balaban J connectivity index is 2.66. The Morgan fingerprint density at radius 1 is 1.33 bits per heavy atom. The molecule has 3 nitrogen and oxygen atoms in total. The second kappa shape index (κ2) is 6.71. The van der Waals surface area contributed by atoms with E-state index >= 15 is 0 Å². The molecule has 0 unspecified atom stereocenters. The highest BCUT2D eigenvalue weighted by Crippen LogP contribution is 2.23. The zero-order valence-electron chi connectivity index (χ0n) is 11.5. The maximum atomic E-state index is 13.7. The molecule has 0 saturated heterocycles. The van der Waals surface area contributed by atoms with Crippen molar-refractivity contribution >= 4 is 0 Å². The molecule has 0 atom stereocenters. The van der Waals surface area contributed by atoms with Crippen molar-refractivity contribution in [2.24, 2.45) is 0 Å². The maximum absolute atomic E-state index is 13.7. The number of hydrogen-bond acceptors (Lipinski definition) is 3. The topological polar surface area (TPSA) is 30.5 Å². The van der Waals surface area contributed by atoms with Gasteiger partial charge in [-0.25, -0.2) is 4.39 Å². The molecule has 1 aromatic carbocycles. The third kappa shape index (κ3) is 4.27. The quantitative estimate of drug-likeness (QED) is 0.812. The fourth-order valence-corrected chi connectivity index (χ4v) is 1.55. The Morgan fingerprint density at radius 2 is 2.06 bits per heavy atom. The van der Waals surface area contributed by atoms with Gasteiger partial charge >= 0.3 is 0 Å². The summed E-state index contributed by atoms with van der Waals surface area (Å²) in [5, 5.41) is 3.00. The number of ether oxygens (including phenoxy) is 2. The van der Waals surface area contributed by atoms with E-state index in [2.05, 4.69) is 5.32 Å². The van der Waals surface area contributed by atoms with Gasteiger partial charge in [-0.05, 0) is 27.0 Å². The van der Waals surface area contributed by atoms with E-state index in [9.17, 15) is 4.39 Å². The summed E-state index contributed by atoms with van der Waals surface area (Å²) in [5.74, 6) is 0.0109. The predicted molar refractivity (Wildman–Crippen MR) is 70.4 cm³/mol. The monoisotopic (exact) mass is 255 g/mol. The Hall–Kier alpha value is -1.13. The first-order chi connectivity index (χ1) is 8.50. The van der Waals surface area contributed by atoms with Gasteiger partial charge in [-0.1, -0.05) is 12.1 Å². The number of benzene rings is 1. The van der Waals surface area contributed by atoms with E-state index in [-0.39, 0.29) is 11.4 Å². The van der Waals surface area contributed by atoms with Gasteiger partial charge in [0.15, 0.2) is 11.6 Å². The molecule has 0 aliphatic heterocycles. The highest BCUT2D eigenvalue weighted by molar-refractivity contribution is 5.34. The van der Waals surface area contributed by atoms with E-state index in [1.165, 1.54) is 6.07 Å². The summed E-state index contributed by atoms with van der Waals surface area (Å²) in [6, 6.07) is 4.96. The van der Waals surface area contributed by atoms with Crippen molar-refractivity contribution in [3.63, 3.8) is 0 Å². The van der Waals surface area contributed by atoms with Crippen molar-refractivity contribution in [2.45, 2.75) is 32.4 Å². The molecule has 0 bridgehead atoms. The number of hydrogen-bond donors (Lipinski definition) is 1. The Labute approximate surface area is 108 Å². The number of rotatable bonds is 7. The first-order valence-corrected chi connectivity index (χ1v) is 6.10. The smallest absolute Gasteiger partial charge is 0.165 e. The molecular weight excluding hydrogens is 233 g/mol. The van der Waals surface area contributed by atoms with Crippen LogP contribution in [-0.2, 0) is 11.3 Å². The summed E-state index contributed by atoms with van der Waals surface area (Å²) in [7, 11) is 3.48. The second-order valence-corrected chi connectivity index (χ2v) is 4.82. The molecule has 0 fully saturated rings. The SMILES string of the molecule is CNCc1cccc(F)c1OCCC(C)(C)OC. The minimum Gasteiger partial charge on any atom is -0.490 e. The highest BCUT2D eigenvalue weighted by Gasteiger charge is 2.17. The minimum absolute atomic E-state index is 0.256. The van der Waals surface area contributed by atoms with E-state index in [1.807, 2.05) is 27.0 Å². The van der Waals surface area contributed by atoms with Crippen molar-refractivity contribution in [1.82, 2.24) is 5.32 Å². The van der Waals surface area contributed by atoms with Gasteiger partial charge in [0.05, 0.1) is 12.2 Å². The lowest BCUT2D eigenvalue weighted by Crippen LogP contribution is -2.25. The third-order valence-electron chi connectivity index (χ3n) is 2.92. The number of para-hydroxylation sites is 1. The van der Waals surface area contributed by atoms with Gasteiger partial charge in [0.1, 0.15) is 0 Å². The van der Waals surface area contributed by atoms with Gasteiger partial charge in [-0.15, -0.1) is 0 Å². The van der Waals surface area contributed by atoms with E-state index in [0.29, 0.717) is 25.3 Å². The molecule has 0 amide bonds. The molecule has 0 saturated carbocycles. The number of methoxy groups -OCH3 is 1. The van der Waals surface area contributed by atoms with Gasteiger partial charge in [0.2, 0.25) is 0 Å². The Bertz CT molecular complexity index is 380. The second-order valence-electron chi connectivity index (χ2n) is 4.82. The van der Waals surface area contributed by atoms with Crippen molar-refractivity contribution in [1.29, 1.82) is 0 Å². The molecule has 0 aromatic heterocycles. The van der Waals surface area contributed by atoms with Crippen LogP contribution < -0.4 is 10.1 Å². The van der Waals surface area contributed by atoms with Crippen LogP contribution in [0.1, 0.15) is 25.8 Å². The molecule has 18 heavy (non-hydrogen) atoms. The Kier molecular flexibility index (Phi) is 5.56. The van der Waals surface area contributed by atoms with Crippen LogP contribution in [0.15, 0.2) is 18.2 Å². The maximum Gasteiger partial charge on any atom is 0.165 e. The van der Waals surface area contributed by atoms with Crippen LogP contribution in [0.3, 0.4) is 0 Å². The zero-order valence-corrected chi connectivity index (χ0v) is 11.5. The summed E-state index contributed by atoms with van der Waals surface area (Å²) in [6.07, 6.45) is 0.705. The largest absolute Gasteiger partial charge is 0.490 e. The van der Waals surface area contributed by atoms with Crippen LogP contribution in [-0.4, -0.2) is 26.4 Å². The van der Waals surface area contributed by atoms with Crippen molar-refractivity contribution in [3.8, 4) is 5.75 Å². The normalized spacial score (nSPS) is 11.6. The first-order valence-electron chi connectivity index (χ1n) is 6.10. The van der Waals surface area contributed by atoms with E-state index in [4.69, 9.17) is 9.47 Å². The van der Waals surface area contributed by atoms with Crippen LogP contribution in [0.4, 0.5) is 4.39 Å². The van der Waals surface area contributed by atoms with Gasteiger partial charge in [-0.2, -0.15) is 0 Å². The molecular formula is C14H22FNO2. The molecule has 0 aliphatic carbocycles. The van der Waals surface area contributed by atoms with Crippen LogP contribution in [0.5, 0.6) is 5.75 Å². The molecule has 0 aliphatic rings. The van der Waals surface area contributed by atoms with Crippen LogP contribution in [0.25, 0.3) is 0 Å². The van der Waals surface area contributed by atoms with Crippen LogP contribution in [0.2, 0.25) is 0 Å². The zero-order chi connectivity index (χ0) is 13.6. The van der Waals surface area contributed by atoms with Crippen LogP contribution in [0, 0.1) is 5.82 Å². The van der Waals surface area contributed by atoms with Gasteiger partial charge in [0.25, 0.3) is 0 Å². The third-order valence-corrected chi connectivity index (χ3v) is 2.92. The molecule has 1 aromatic rings. The van der Waals surface area contributed by atoms with Crippen molar-refractivity contribution < 1.29 is 13.9 Å². The number of halogens is 1. The summed E-state index contributed by atoms with van der Waals surface area (Å²) < 4.78 is 24.6. The fourth-order valence-electron chi connectivity index (χ4n) is 1.55. The van der Waals surface area contributed by atoms with Gasteiger partial charge < -0.3 is 14.8 Å². The summed E-state index contributed by atoms with van der Waals surface area (Å²) >= 11 is 0. The average Bonchev–Trinajstić information content (AvgIpc) is 2.33. The van der Waals surface area contributed by atoms with E-state index < -0.39 is 0 Å². The highest BCUT2D eigenvalue weighted by atomic mass is 19.1. The minimum atomic E-state index is -0.321. The summed E-state index contributed by atoms with van der Waals surface area (Å²) in [6.45, 7) is 4.97. The fraction of sp³-hybridized carbons (Fsp3) is 0.571. The van der Waals surface area contributed by atoms with Crippen molar-refractivity contribution in [2.75, 3.05) is 20.8 Å². The molecule has 0 heterocycles. The predicted octanol–water partition coefficient (Wildman–Crippen LogP) is 2.74. The lowest BCUT2D eigenvalue weighted by atomic mass is 10.1. The molecule has 0 spiro atoms. The van der Waals surface area contributed by atoms with E-state index in [0.717, 1.165) is 5.56 Å². The molecule has 102 valence electrons. The molecule has 0 radical (unpaired) electrons. The molecule has 4 heteroatoms. The Morgan fingerprint density at radius 3 is 2.67 bits per heavy atom. The van der Waals surface area contributed by atoms with Crippen LogP contribution >= 0.6 is 0 Å². The van der Waals surface area contributed by atoms with E-state index in [1.54, 1.807) is 13.2 Å². The first kappa shape index (κ1) is 14.9. The van der Waals surface area contributed by atoms with Gasteiger partial charge in [-0.3, -0.25) is 0 Å². The molecule has 1 N–H and O–H groups in total. The van der Waals surface area contributed by atoms with Gasteiger partial charge in [0, 0.05) is 25.6 Å². The lowest BCUT2D eigenvalue weighted by Gasteiger charge is -2.23. The van der Waals surface area contributed by atoms with Crippen molar-refractivity contribution in [3.05, 3.63) is 29.6 Å². The lowest BCUT2D eigenvalue weighted by molar-refractivity contribution is 0.00504. The molecule has 1 rings (SSSR count). The summed E-state index contributed by atoms with van der Waals surface area (Å²) in [5.41, 5.74) is 0.571.